The Morgan fingerprint density at radius 1 is 1.11 bits per heavy atom. The summed E-state index contributed by atoms with van der Waals surface area (Å²) in [5.74, 6) is -0.664. The Bertz CT molecular complexity index is 759. The van der Waals surface area contributed by atoms with Gasteiger partial charge in [-0.3, -0.25) is 4.79 Å². The van der Waals surface area contributed by atoms with Gasteiger partial charge in [0.25, 0.3) is 0 Å². The fourth-order valence-electron chi connectivity index (χ4n) is 1.88. The Kier molecular flexibility index (Phi) is 2.84. The van der Waals surface area contributed by atoms with Crippen molar-refractivity contribution >= 4 is 28.4 Å². The molecule has 4 heteroatoms. The Morgan fingerprint density at radius 2 is 1.84 bits per heavy atom. The molecule has 0 fully saturated rings. The van der Waals surface area contributed by atoms with E-state index in [-0.39, 0.29) is 17.1 Å². The smallest absolute Gasteiger partial charge is 0.228 e. The van der Waals surface area contributed by atoms with Crippen LogP contribution in [0.2, 0.25) is 5.02 Å². The van der Waals surface area contributed by atoms with Crippen LogP contribution in [0.1, 0.15) is 16.1 Å². The van der Waals surface area contributed by atoms with Crippen molar-refractivity contribution in [2.24, 2.45) is 0 Å². The van der Waals surface area contributed by atoms with E-state index in [1.807, 2.05) is 0 Å². The van der Waals surface area contributed by atoms with E-state index in [4.69, 9.17) is 16.0 Å². The molecule has 0 aliphatic rings. The topological polar surface area (TPSA) is 30.2 Å². The monoisotopic (exact) mass is 274 g/mol. The van der Waals surface area contributed by atoms with Crippen molar-refractivity contribution in [1.29, 1.82) is 0 Å². The average molecular weight is 275 g/mol. The van der Waals surface area contributed by atoms with Crippen molar-refractivity contribution in [2.75, 3.05) is 0 Å². The van der Waals surface area contributed by atoms with Crippen LogP contribution >= 0.6 is 11.6 Å². The summed E-state index contributed by atoms with van der Waals surface area (Å²) in [5.41, 5.74) is 0.545. The van der Waals surface area contributed by atoms with Crippen molar-refractivity contribution in [2.45, 2.75) is 0 Å². The van der Waals surface area contributed by atoms with Crippen molar-refractivity contribution in [3.05, 3.63) is 70.7 Å². The molecule has 0 bridgehead atoms. The molecule has 19 heavy (non-hydrogen) atoms. The minimum absolute atomic E-state index is 0.0970. The minimum atomic E-state index is -0.479. The highest BCUT2D eigenvalue weighted by atomic mass is 35.5. The molecule has 0 radical (unpaired) electrons. The maximum absolute atomic E-state index is 13.5. The molecule has 94 valence electrons. The molecule has 0 saturated heterocycles. The van der Waals surface area contributed by atoms with E-state index in [1.54, 1.807) is 36.4 Å². The molecule has 0 atom stereocenters. The van der Waals surface area contributed by atoms with Gasteiger partial charge in [0.05, 0.1) is 0 Å². The summed E-state index contributed by atoms with van der Waals surface area (Å²) >= 11 is 5.76. The Labute approximate surface area is 113 Å². The predicted molar refractivity (Wildman–Crippen MR) is 71.1 cm³/mol. The molecule has 2 aromatic carbocycles. The number of carbonyl (C=O) groups excluding carboxylic acids is 1. The average Bonchev–Trinajstić information content (AvgIpc) is 2.84. The number of hydrogen-bond acceptors (Lipinski definition) is 2. The van der Waals surface area contributed by atoms with Gasteiger partial charge in [-0.05, 0) is 36.4 Å². The lowest BCUT2D eigenvalue weighted by Crippen LogP contribution is -1.98. The van der Waals surface area contributed by atoms with E-state index in [2.05, 4.69) is 0 Å². The van der Waals surface area contributed by atoms with E-state index in [1.165, 1.54) is 12.1 Å². The molecule has 0 spiro atoms. The standard InChI is InChI=1S/C15H8ClFO2/c16-11-6-4-9(5-7-11)14(18)13-8-10-2-1-3-12(17)15(10)19-13/h1-8H. The number of fused-ring (bicyclic) bond motifs is 1. The third-order valence-corrected chi connectivity index (χ3v) is 3.08. The summed E-state index contributed by atoms with van der Waals surface area (Å²) < 4.78 is 18.8. The normalized spacial score (nSPS) is 10.8. The summed E-state index contributed by atoms with van der Waals surface area (Å²) in [7, 11) is 0. The summed E-state index contributed by atoms with van der Waals surface area (Å²) in [6.45, 7) is 0. The van der Waals surface area contributed by atoms with Crippen LogP contribution in [-0.4, -0.2) is 5.78 Å². The number of para-hydroxylation sites is 1. The van der Waals surface area contributed by atoms with Gasteiger partial charge in [-0.25, -0.2) is 4.39 Å². The lowest BCUT2D eigenvalue weighted by molar-refractivity contribution is 0.101. The van der Waals surface area contributed by atoms with Crippen LogP contribution in [0.15, 0.2) is 52.9 Å². The number of halogens is 2. The number of furan rings is 1. The number of benzene rings is 2. The summed E-state index contributed by atoms with van der Waals surface area (Å²) in [6, 6.07) is 12.6. The van der Waals surface area contributed by atoms with Crippen molar-refractivity contribution in [3.63, 3.8) is 0 Å². The van der Waals surface area contributed by atoms with Gasteiger partial charge >= 0.3 is 0 Å². The first-order valence-electron chi connectivity index (χ1n) is 5.63. The molecule has 0 amide bonds. The second kappa shape index (κ2) is 4.52. The second-order valence-corrected chi connectivity index (χ2v) is 4.54. The van der Waals surface area contributed by atoms with Crippen LogP contribution in [0, 0.1) is 5.82 Å². The molecule has 2 nitrogen and oxygen atoms in total. The maximum atomic E-state index is 13.5. The Balaban J connectivity index is 2.06. The molecule has 3 aromatic rings. The highest BCUT2D eigenvalue weighted by Gasteiger charge is 2.16. The molecule has 1 heterocycles. The summed E-state index contributed by atoms with van der Waals surface area (Å²) in [5, 5.41) is 1.12. The van der Waals surface area contributed by atoms with Gasteiger partial charge < -0.3 is 4.42 Å². The molecule has 3 rings (SSSR count). The molecule has 1 aromatic heterocycles. The van der Waals surface area contributed by atoms with Gasteiger partial charge in [0.2, 0.25) is 5.78 Å². The van der Waals surface area contributed by atoms with Crippen LogP contribution in [0.4, 0.5) is 4.39 Å². The predicted octanol–water partition coefficient (Wildman–Crippen LogP) is 4.46. The lowest BCUT2D eigenvalue weighted by Gasteiger charge is -1.97. The van der Waals surface area contributed by atoms with Crippen molar-refractivity contribution < 1.29 is 13.6 Å². The van der Waals surface area contributed by atoms with E-state index in [0.29, 0.717) is 16.0 Å². The lowest BCUT2D eigenvalue weighted by atomic mass is 10.1. The molecule has 0 saturated carbocycles. The van der Waals surface area contributed by atoms with E-state index in [9.17, 15) is 9.18 Å². The Hall–Kier alpha value is -2.13. The van der Waals surface area contributed by atoms with Crippen molar-refractivity contribution in [3.8, 4) is 0 Å². The number of rotatable bonds is 2. The van der Waals surface area contributed by atoms with Crippen LogP contribution in [-0.2, 0) is 0 Å². The van der Waals surface area contributed by atoms with Crippen LogP contribution < -0.4 is 0 Å². The molecular weight excluding hydrogens is 267 g/mol. The summed E-state index contributed by atoms with van der Waals surface area (Å²) in [4.78, 5) is 12.2. The summed E-state index contributed by atoms with van der Waals surface area (Å²) in [6.07, 6.45) is 0. The molecule has 0 aliphatic heterocycles. The SMILES string of the molecule is O=C(c1ccc(Cl)cc1)c1cc2cccc(F)c2o1. The van der Waals surface area contributed by atoms with Gasteiger partial charge in [0.1, 0.15) is 0 Å². The fourth-order valence-corrected chi connectivity index (χ4v) is 2.01. The second-order valence-electron chi connectivity index (χ2n) is 4.10. The van der Waals surface area contributed by atoms with Crippen molar-refractivity contribution in [1.82, 2.24) is 0 Å². The highest BCUT2D eigenvalue weighted by molar-refractivity contribution is 6.30. The number of carbonyl (C=O) groups is 1. The van der Waals surface area contributed by atoms with Crippen LogP contribution in [0.5, 0.6) is 0 Å². The zero-order valence-electron chi connectivity index (χ0n) is 9.69. The third-order valence-electron chi connectivity index (χ3n) is 2.83. The van der Waals surface area contributed by atoms with Crippen LogP contribution in [0.3, 0.4) is 0 Å². The Morgan fingerprint density at radius 3 is 2.53 bits per heavy atom. The van der Waals surface area contributed by atoms with Crippen LogP contribution in [0.25, 0.3) is 11.0 Å². The first-order chi connectivity index (χ1) is 9.15. The quantitative estimate of drug-likeness (QED) is 0.646. The molecule has 0 unspecified atom stereocenters. The maximum Gasteiger partial charge on any atom is 0.228 e. The first-order valence-corrected chi connectivity index (χ1v) is 6.01. The zero-order valence-corrected chi connectivity index (χ0v) is 10.4. The highest BCUT2D eigenvalue weighted by Crippen LogP contribution is 2.24. The molecule has 0 N–H and O–H groups in total. The zero-order chi connectivity index (χ0) is 13.4. The van der Waals surface area contributed by atoms with Gasteiger partial charge in [-0.1, -0.05) is 23.7 Å². The van der Waals surface area contributed by atoms with E-state index >= 15 is 0 Å². The number of ketones is 1. The van der Waals surface area contributed by atoms with Gasteiger partial charge in [0, 0.05) is 16.0 Å². The van der Waals surface area contributed by atoms with Gasteiger partial charge in [-0.15, -0.1) is 0 Å². The minimum Gasteiger partial charge on any atom is -0.449 e. The fraction of sp³-hybridized carbons (Fsp3) is 0. The molecular formula is C15H8ClFO2. The van der Waals surface area contributed by atoms with E-state index < -0.39 is 5.82 Å². The van der Waals surface area contributed by atoms with Gasteiger partial charge in [0.15, 0.2) is 17.2 Å². The third kappa shape index (κ3) is 2.13. The largest absolute Gasteiger partial charge is 0.449 e. The molecule has 0 aliphatic carbocycles. The first kappa shape index (κ1) is 11.9. The van der Waals surface area contributed by atoms with E-state index in [0.717, 1.165) is 0 Å². The van der Waals surface area contributed by atoms with Gasteiger partial charge in [-0.2, -0.15) is 0 Å². The number of hydrogen-bond donors (Lipinski definition) is 0.